The number of H-pyrrole nitrogens is 1. The third kappa shape index (κ3) is 4.59. The van der Waals surface area contributed by atoms with Crippen LogP contribution in [-0.2, 0) is 13.0 Å². The van der Waals surface area contributed by atoms with Gasteiger partial charge in [0.2, 0.25) is 0 Å². The van der Waals surface area contributed by atoms with Crippen LogP contribution in [0.3, 0.4) is 0 Å². The molecule has 6 heteroatoms. The second-order valence-electron chi connectivity index (χ2n) is 6.18. The fraction of sp³-hybridized carbons (Fsp3) is 0.300. The van der Waals surface area contributed by atoms with Gasteiger partial charge >= 0.3 is 6.03 Å². The Morgan fingerprint density at radius 2 is 2.08 bits per heavy atom. The predicted molar refractivity (Wildman–Crippen MR) is 100 cm³/mol. The summed E-state index contributed by atoms with van der Waals surface area (Å²) < 4.78 is 13.3. The Morgan fingerprint density at radius 3 is 2.85 bits per heavy atom. The first-order valence-electron chi connectivity index (χ1n) is 8.86. The van der Waals surface area contributed by atoms with Crippen LogP contribution in [0.25, 0.3) is 11.0 Å². The van der Waals surface area contributed by atoms with Gasteiger partial charge < -0.3 is 15.2 Å². The highest BCUT2D eigenvalue weighted by Crippen LogP contribution is 2.11. The van der Waals surface area contributed by atoms with Gasteiger partial charge in [0.05, 0.1) is 11.0 Å². The lowest BCUT2D eigenvalue weighted by Crippen LogP contribution is -2.39. The summed E-state index contributed by atoms with van der Waals surface area (Å²) in [5.41, 5.74) is 2.77. The van der Waals surface area contributed by atoms with E-state index in [1.165, 1.54) is 12.1 Å². The van der Waals surface area contributed by atoms with Crippen molar-refractivity contribution >= 4 is 17.1 Å². The number of benzene rings is 2. The molecule has 0 saturated carbocycles. The second kappa shape index (κ2) is 8.47. The standard InChI is InChI=1S/C20H23FN4O/c1-2-25(14-15-7-5-8-16(21)13-15)20(26)22-12-6-11-19-23-17-9-3-4-10-18(17)24-19/h3-5,7-10,13H,2,6,11-12,14H2,1H3,(H,22,26)(H,23,24). The minimum Gasteiger partial charge on any atom is -0.342 e. The van der Waals surface area contributed by atoms with Gasteiger partial charge in [-0.05, 0) is 43.2 Å². The van der Waals surface area contributed by atoms with E-state index in [0.29, 0.717) is 19.6 Å². The summed E-state index contributed by atoms with van der Waals surface area (Å²) in [5.74, 6) is 0.636. The highest BCUT2D eigenvalue weighted by molar-refractivity contribution is 5.75. The highest BCUT2D eigenvalue weighted by Gasteiger charge is 2.12. The van der Waals surface area contributed by atoms with Gasteiger partial charge in [-0.1, -0.05) is 24.3 Å². The number of hydrogen-bond acceptors (Lipinski definition) is 2. The zero-order valence-corrected chi connectivity index (χ0v) is 14.8. The van der Waals surface area contributed by atoms with E-state index in [1.807, 2.05) is 37.3 Å². The molecule has 0 aliphatic carbocycles. The van der Waals surface area contributed by atoms with Gasteiger partial charge in [-0.15, -0.1) is 0 Å². The molecule has 2 aromatic carbocycles. The minimum atomic E-state index is -0.287. The zero-order chi connectivity index (χ0) is 18.4. The second-order valence-corrected chi connectivity index (χ2v) is 6.18. The first kappa shape index (κ1) is 17.9. The summed E-state index contributed by atoms with van der Waals surface area (Å²) in [5, 5.41) is 2.92. The molecule has 2 N–H and O–H groups in total. The largest absolute Gasteiger partial charge is 0.342 e. The normalized spacial score (nSPS) is 10.8. The number of imidazole rings is 1. The van der Waals surface area contributed by atoms with E-state index in [-0.39, 0.29) is 11.8 Å². The van der Waals surface area contributed by atoms with E-state index in [1.54, 1.807) is 11.0 Å². The lowest BCUT2D eigenvalue weighted by Gasteiger charge is -2.21. The number of rotatable bonds is 7. The number of carbonyl (C=O) groups excluding carboxylic acids is 1. The fourth-order valence-electron chi connectivity index (χ4n) is 2.87. The molecule has 3 aromatic rings. The topological polar surface area (TPSA) is 61.0 Å². The van der Waals surface area contributed by atoms with Gasteiger partial charge in [0.25, 0.3) is 0 Å². The van der Waals surface area contributed by atoms with E-state index < -0.39 is 0 Å². The zero-order valence-electron chi connectivity index (χ0n) is 14.8. The summed E-state index contributed by atoms with van der Waals surface area (Å²) in [6.07, 6.45) is 1.56. The number of halogens is 1. The molecule has 2 amide bonds. The number of carbonyl (C=O) groups is 1. The van der Waals surface area contributed by atoms with Gasteiger partial charge in [0.15, 0.2) is 0 Å². The Bertz CT molecular complexity index is 844. The fourth-order valence-corrected chi connectivity index (χ4v) is 2.87. The Morgan fingerprint density at radius 1 is 1.23 bits per heavy atom. The smallest absolute Gasteiger partial charge is 0.317 e. The van der Waals surface area contributed by atoms with Crippen molar-refractivity contribution < 1.29 is 9.18 Å². The number of fused-ring (bicyclic) bond motifs is 1. The molecule has 0 aliphatic heterocycles. The van der Waals surface area contributed by atoms with Gasteiger partial charge in [-0.3, -0.25) is 0 Å². The maximum atomic E-state index is 13.3. The van der Waals surface area contributed by atoms with Crippen LogP contribution in [0.4, 0.5) is 9.18 Å². The summed E-state index contributed by atoms with van der Waals surface area (Å²) in [6, 6.07) is 14.1. The number of nitrogens with zero attached hydrogens (tertiary/aromatic N) is 2. The number of amides is 2. The number of para-hydroxylation sites is 2. The molecule has 1 heterocycles. The molecule has 0 atom stereocenters. The molecule has 0 fully saturated rings. The number of urea groups is 1. The number of nitrogens with one attached hydrogen (secondary N) is 2. The van der Waals surface area contributed by atoms with Crippen molar-refractivity contribution in [2.45, 2.75) is 26.3 Å². The average molecular weight is 354 g/mol. The van der Waals surface area contributed by atoms with E-state index in [4.69, 9.17) is 0 Å². The molecule has 0 saturated heterocycles. The van der Waals surface area contributed by atoms with Crippen LogP contribution in [0.2, 0.25) is 0 Å². The Kier molecular flexibility index (Phi) is 5.84. The molecule has 0 bridgehead atoms. The lowest BCUT2D eigenvalue weighted by molar-refractivity contribution is 0.198. The van der Waals surface area contributed by atoms with Crippen LogP contribution in [0.15, 0.2) is 48.5 Å². The van der Waals surface area contributed by atoms with Gasteiger partial charge in [0, 0.05) is 26.1 Å². The van der Waals surface area contributed by atoms with Crippen LogP contribution in [0, 0.1) is 5.82 Å². The van der Waals surface area contributed by atoms with Crippen LogP contribution < -0.4 is 5.32 Å². The SMILES string of the molecule is CCN(Cc1cccc(F)c1)C(=O)NCCCc1nc2ccccc2[nH]1. The third-order valence-electron chi connectivity index (χ3n) is 4.24. The molecule has 1 aromatic heterocycles. The van der Waals surface area contributed by atoms with E-state index in [9.17, 15) is 9.18 Å². The molecule has 5 nitrogen and oxygen atoms in total. The molecule has 26 heavy (non-hydrogen) atoms. The third-order valence-corrected chi connectivity index (χ3v) is 4.24. The Hall–Kier alpha value is -2.89. The molecule has 0 aliphatic rings. The Labute approximate surface area is 152 Å². The molecule has 0 unspecified atom stereocenters. The quantitative estimate of drug-likeness (QED) is 0.633. The highest BCUT2D eigenvalue weighted by atomic mass is 19.1. The maximum absolute atomic E-state index is 13.3. The number of aromatic nitrogens is 2. The summed E-state index contributed by atoms with van der Waals surface area (Å²) in [4.78, 5) is 21.8. The molecule has 3 rings (SSSR count). The van der Waals surface area contributed by atoms with E-state index >= 15 is 0 Å². The molecular formula is C20H23FN4O. The van der Waals surface area contributed by atoms with Gasteiger partial charge in [-0.2, -0.15) is 0 Å². The van der Waals surface area contributed by atoms with Crippen molar-refractivity contribution in [2.24, 2.45) is 0 Å². The predicted octanol–water partition coefficient (Wildman–Crippen LogP) is 3.87. The number of aryl methyl sites for hydroxylation is 1. The van der Waals surface area contributed by atoms with Crippen LogP contribution in [-0.4, -0.2) is 34.0 Å². The number of hydrogen-bond donors (Lipinski definition) is 2. The average Bonchev–Trinajstić information content (AvgIpc) is 3.06. The van der Waals surface area contributed by atoms with Crippen molar-refractivity contribution in [1.29, 1.82) is 0 Å². The summed E-state index contributed by atoms with van der Waals surface area (Å²) in [7, 11) is 0. The van der Waals surface area contributed by atoms with Crippen molar-refractivity contribution in [3.05, 3.63) is 65.7 Å². The molecule has 0 spiro atoms. The number of aromatic amines is 1. The van der Waals surface area contributed by atoms with E-state index in [0.717, 1.165) is 35.3 Å². The molecule has 136 valence electrons. The van der Waals surface area contributed by atoms with Crippen LogP contribution in [0.5, 0.6) is 0 Å². The van der Waals surface area contributed by atoms with Crippen molar-refractivity contribution in [1.82, 2.24) is 20.2 Å². The summed E-state index contributed by atoms with van der Waals surface area (Å²) >= 11 is 0. The van der Waals surface area contributed by atoms with Gasteiger partial charge in [-0.25, -0.2) is 14.2 Å². The first-order valence-corrected chi connectivity index (χ1v) is 8.86. The monoisotopic (exact) mass is 354 g/mol. The maximum Gasteiger partial charge on any atom is 0.317 e. The van der Waals surface area contributed by atoms with Crippen molar-refractivity contribution in [2.75, 3.05) is 13.1 Å². The van der Waals surface area contributed by atoms with E-state index in [2.05, 4.69) is 15.3 Å². The lowest BCUT2D eigenvalue weighted by atomic mass is 10.2. The Balaban J connectivity index is 1.46. The van der Waals surface area contributed by atoms with Crippen LogP contribution >= 0.6 is 0 Å². The molecule has 0 radical (unpaired) electrons. The van der Waals surface area contributed by atoms with Gasteiger partial charge in [0.1, 0.15) is 11.6 Å². The molecular weight excluding hydrogens is 331 g/mol. The first-order chi connectivity index (χ1) is 12.7. The van der Waals surface area contributed by atoms with Crippen LogP contribution in [0.1, 0.15) is 24.7 Å². The summed E-state index contributed by atoms with van der Waals surface area (Å²) in [6.45, 7) is 3.43. The van der Waals surface area contributed by atoms with Crippen molar-refractivity contribution in [3.8, 4) is 0 Å². The van der Waals surface area contributed by atoms with Crippen molar-refractivity contribution in [3.63, 3.8) is 0 Å². The minimum absolute atomic E-state index is 0.138.